The first kappa shape index (κ1) is 15.0. The lowest BCUT2D eigenvalue weighted by Crippen LogP contribution is -2.23. The normalized spacial score (nSPS) is 10.7. The zero-order chi connectivity index (χ0) is 15.9. The quantitative estimate of drug-likeness (QED) is 0.710. The van der Waals surface area contributed by atoms with Crippen molar-refractivity contribution in [2.75, 3.05) is 5.73 Å². The summed E-state index contributed by atoms with van der Waals surface area (Å²) >= 11 is 0. The zero-order valence-corrected chi connectivity index (χ0v) is 12.8. The summed E-state index contributed by atoms with van der Waals surface area (Å²) in [5.41, 5.74) is 8.46. The maximum atomic E-state index is 6.14. The number of hydrogen-bond donors (Lipinski definition) is 1. The van der Waals surface area contributed by atoms with Gasteiger partial charge in [0, 0.05) is 42.3 Å². The van der Waals surface area contributed by atoms with E-state index in [-0.39, 0.29) is 6.10 Å². The Morgan fingerprint density at radius 2 is 1.35 bits per heavy atom. The molecule has 0 atom stereocenters. The van der Waals surface area contributed by atoms with Crippen molar-refractivity contribution >= 4 is 5.69 Å². The van der Waals surface area contributed by atoms with Crippen LogP contribution in [0.3, 0.4) is 0 Å². The molecule has 2 N–H and O–H groups in total. The highest BCUT2D eigenvalue weighted by Gasteiger charge is 2.14. The fourth-order valence-corrected chi connectivity index (χ4v) is 2.40. The van der Waals surface area contributed by atoms with Crippen molar-refractivity contribution in [2.24, 2.45) is 0 Å². The van der Waals surface area contributed by atoms with Crippen LogP contribution < -0.4 is 10.5 Å². The van der Waals surface area contributed by atoms with Gasteiger partial charge in [0.25, 0.3) is 0 Å². The van der Waals surface area contributed by atoms with Crippen molar-refractivity contribution < 1.29 is 4.74 Å². The molecule has 0 aliphatic rings. The van der Waals surface area contributed by atoms with Gasteiger partial charge in [-0.3, -0.25) is 9.97 Å². The van der Waals surface area contributed by atoms with Crippen molar-refractivity contribution in [1.29, 1.82) is 0 Å². The van der Waals surface area contributed by atoms with E-state index in [1.54, 1.807) is 12.4 Å². The average Bonchev–Trinajstić information content (AvgIpc) is 2.59. The Morgan fingerprint density at radius 1 is 0.783 bits per heavy atom. The third kappa shape index (κ3) is 4.54. The van der Waals surface area contributed by atoms with Crippen LogP contribution in [0.2, 0.25) is 0 Å². The molecule has 23 heavy (non-hydrogen) atoms. The SMILES string of the molecule is Nc1ccc(OC(Cc2ccccn2)Cc2ccccn2)cc1. The molecule has 0 saturated carbocycles. The number of hydrogen-bond acceptors (Lipinski definition) is 4. The molecule has 116 valence electrons. The summed E-state index contributed by atoms with van der Waals surface area (Å²) in [4.78, 5) is 8.79. The van der Waals surface area contributed by atoms with Gasteiger partial charge < -0.3 is 10.5 Å². The van der Waals surface area contributed by atoms with E-state index in [4.69, 9.17) is 10.5 Å². The molecule has 0 unspecified atom stereocenters. The Labute approximate surface area is 136 Å². The second kappa shape index (κ2) is 7.40. The lowest BCUT2D eigenvalue weighted by atomic mass is 10.1. The number of nitrogen functional groups attached to an aromatic ring is 1. The van der Waals surface area contributed by atoms with E-state index in [2.05, 4.69) is 9.97 Å². The van der Waals surface area contributed by atoms with E-state index in [9.17, 15) is 0 Å². The highest BCUT2D eigenvalue weighted by atomic mass is 16.5. The van der Waals surface area contributed by atoms with Crippen LogP contribution in [0, 0.1) is 0 Å². The Bertz CT molecular complexity index is 673. The Balaban J connectivity index is 1.76. The molecule has 0 aliphatic heterocycles. The van der Waals surface area contributed by atoms with Crippen molar-refractivity contribution in [3.63, 3.8) is 0 Å². The summed E-state index contributed by atoms with van der Waals surface area (Å²) in [5, 5.41) is 0. The van der Waals surface area contributed by atoms with Gasteiger partial charge in [-0.15, -0.1) is 0 Å². The lowest BCUT2D eigenvalue weighted by Gasteiger charge is -2.19. The van der Waals surface area contributed by atoms with Gasteiger partial charge in [0.15, 0.2) is 0 Å². The molecule has 3 aromatic rings. The molecular formula is C19H19N3O. The number of nitrogens with two attached hydrogens (primary N) is 1. The Hall–Kier alpha value is -2.88. The van der Waals surface area contributed by atoms with Crippen LogP contribution in [0.25, 0.3) is 0 Å². The molecule has 0 saturated heterocycles. The highest BCUT2D eigenvalue weighted by molar-refractivity contribution is 5.41. The number of benzene rings is 1. The first-order valence-electron chi connectivity index (χ1n) is 7.61. The van der Waals surface area contributed by atoms with Crippen LogP contribution in [0.15, 0.2) is 73.1 Å². The van der Waals surface area contributed by atoms with E-state index >= 15 is 0 Å². The lowest BCUT2D eigenvalue weighted by molar-refractivity contribution is 0.199. The second-order valence-electron chi connectivity index (χ2n) is 5.36. The van der Waals surface area contributed by atoms with Crippen molar-refractivity contribution in [1.82, 2.24) is 9.97 Å². The van der Waals surface area contributed by atoms with Crippen LogP contribution in [-0.4, -0.2) is 16.1 Å². The van der Waals surface area contributed by atoms with E-state index in [1.807, 2.05) is 60.7 Å². The van der Waals surface area contributed by atoms with Crippen molar-refractivity contribution in [2.45, 2.75) is 18.9 Å². The summed E-state index contributed by atoms with van der Waals surface area (Å²) in [5.74, 6) is 0.802. The largest absolute Gasteiger partial charge is 0.490 e. The molecule has 0 radical (unpaired) electrons. The molecule has 0 amide bonds. The van der Waals surface area contributed by atoms with Gasteiger partial charge in [-0.05, 0) is 48.5 Å². The second-order valence-corrected chi connectivity index (χ2v) is 5.36. The van der Waals surface area contributed by atoms with Crippen molar-refractivity contribution in [3.05, 3.63) is 84.4 Å². The Kier molecular flexibility index (Phi) is 4.84. The van der Waals surface area contributed by atoms with Crippen LogP contribution >= 0.6 is 0 Å². The minimum atomic E-state index is -0.0385. The summed E-state index contributed by atoms with van der Waals surface area (Å²) in [6.45, 7) is 0. The molecule has 2 heterocycles. The highest BCUT2D eigenvalue weighted by Crippen LogP contribution is 2.18. The maximum Gasteiger partial charge on any atom is 0.119 e. The van der Waals surface area contributed by atoms with Gasteiger partial charge in [-0.2, -0.15) is 0 Å². The minimum Gasteiger partial charge on any atom is -0.490 e. The average molecular weight is 305 g/mol. The molecule has 2 aromatic heterocycles. The number of pyridine rings is 2. The molecule has 0 spiro atoms. The van der Waals surface area contributed by atoms with E-state index in [0.717, 1.165) is 35.7 Å². The van der Waals surface area contributed by atoms with Crippen LogP contribution in [0.5, 0.6) is 5.75 Å². The summed E-state index contributed by atoms with van der Waals surface area (Å²) in [7, 11) is 0. The summed E-state index contributed by atoms with van der Waals surface area (Å²) < 4.78 is 6.14. The fraction of sp³-hybridized carbons (Fsp3) is 0.158. The zero-order valence-electron chi connectivity index (χ0n) is 12.8. The predicted molar refractivity (Wildman–Crippen MR) is 91.2 cm³/mol. The number of nitrogens with zero attached hydrogens (tertiary/aromatic N) is 2. The van der Waals surface area contributed by atoms with Gasteiger partial charge in [0.2, 0.25) is 0 Å². The molecule has 3 rings (SSSR count). The van der Waals surface area contributed by atoms with E-state index < -0.39 is 0 Å². The Morgan fingerprint density at radius 3 is 1.83 bits per heavy atom. The topological polar surface area (TPSA) is 61.0 Å². The minimum absolute atomic E-state index is 0.0385. The van der Waals surface area contributed by atoms with Crippen LogP contribution in [0.4, 0.5) is 5.69 Å². The third-order valence-corrected chi connectivity index (χ3v) is 3.51. The van der Waals surface area contributed by atoms with Gasteiger partial charge >= 0.3 is 0 Å². The summed E-state index contributed by atoms with van der Waals surface area (Å²) in [6.07, 6.45) is 5.01. The number of rotatable bonds is 6. The van der Waals surface area contributed by atoms with Gasteiger partial charge in [0.05, 0.1) is 0 Å². The molecule has 1 aromatic carbocycles. The molecule has 4 nitrogen and oxygen atoms in total. The first-order chi connectivity index (χ1) is 11.3. The summed E-state index contributed by atoms with van der Waals surface area (Å²) in [6, 6.07) is 19.3. The van der Waals surface area contributed by atoms with Gasteiger partial charge in [-0.1, -0.05) is 12.1 Å². The fourth-order valence-electron chi connectivity index (χ4n) is 2.40. The smallest absolute Gasteiger partial charge is 0.119 e. The monoisotopic (exact) mass is 305 g/mol. The molecule has 0 bridgehead atoms. The van der Waals surface area contributed by atoms with Crippen molar-refractivity contribution in [3.8, 4) is 5.75 Å². The maximum absolute atomic E-state index is 6.14. The third-order valence-electron chi connectivity index (χ3n) is 3.51. The number of aromatic nitrogens is 2. The molecular weight excluding hydrogens is 286 g/mol. The first-order valence-corrected chi connectivity index (χ1v) is 7.61. The van der Waals surface area contributed by atoms with Gasteiger partial charge in [-0.25, -0.2) is 0 Å². The van der Waals surface area contributed by atoms with E-state index in [0.29, 0.717) is 0 Å². The standard InChI is InChI=1S/C19H19N3O/c20-15-7-9-18(10-8-15)23-19(13-16-5-1-3-11-21-16)14-17-6-2-4-12-22-17/h1-12,19H,13-14,20H2. The van der Waals surface area contributed by atoms with Crippen LogP contribution in [0.1, 0.15) is 11.4 Å². The van der Waals surface area contributed by atoms with E-state index in [1.165, 1.54) is 0 Å². The number of anilines is 1. The molecule has 0 aliphatic carbocycles. The molecule has 4 heteroatoms. The van der Waals surface area contributed by atoms with Gasteiger partial charge in [0.1, 0.15) is 11.9 Å². The molecule has 0 fully saturated rings. The predicted octanol–water partition coefficient (Wildman–Crippen LogP) is 3.29. The number of ether oxygens (including phenoxy) is 1. The van der Waals surface area contributed by atoms with Crippen LogP contribution in [-0.2, 0) is 12.8 Å².